The maximum Gasteiger partial charge on any atom is 0.249 e. The minimum atomic E-state index is -0.438. The van der Waals surface area contributed by atoms with Crippen LogP contribution in [0.1, 0.15) is 24.3 Å². The maximum atomic E-state index is 12.3. The van der Waals surface area contributed by atoms with Crippen molar-refractivity contribution in [2.45, 2.75) is 26.4 Å². The molecule has 0 aliphatic carbocycles. The molecule has 2 aromatic heterocycles. The number of carbonyl (C=O) groups is 1. The Morgan fingerprint density at radius 3 is 2.47 bits per heavy atom. The summed E-state index contributed by atoms with van der Waals surface area (Å²) < 4.78 is 7.45. The lowest BCUT2D eigenvalue weighted by Gasteiger charge is -2.12. The van der Waals surface area contributed by atoms with Crippen LogP contribution in [0.4, 0.5) is 11.4 Å². The van der Waals surface area contributed by atoms with Crippen LogP contribution in [0.5, 0.6) is 0 Å². The monoisotopic (exact) mass is 401 g/mol. The van der Waals surface area contributed by atoms with Gasteiger partial charge < -0.3 is 15.1 Å². The van der Waals surface area contributed by atoms with Crippen LogP contribution in [0.2, 0.25) is 0 Å². The number of anilines is 2. The average Bonchev–Trinajstić information content (AvgIpc) is 3.46. The van der Waals surface area contributed by atoms with Crippen LogP contribution in [0, 0.1) is 6.92 Å². The van der Waals surface area contributed by atoms with Crippen molar-refractivity contribution < 1.29 is 9.21 Å². The SMILES string of the molecule is Cc1ccc(-c2ccc(CNc3ccc(NC(=O)C(C)n4cncn4)cc3)o2)cc1. The van der Waals surface area contributed by atoms with E-state index in [4.69, 9.17) is 4.42 Å². The van der Waals surface area contributed by atoms with Crippen molar-refractivity contribution in [3.05, 3.63) is 84.6 Å². The second kappa shape index (κ2) is 8.65. The molecule has 30 heavy (non-hydrogen) atoms. The van der Waals surface area contributed by atoms with Gasteiger partial charge in [0.1, 0.15) is 30.2 Å². The molecule has 0 aliphatic rings. The molecule has 0 bridgehead atoms. The summed E-state index contributed by atoms with van der Waals surface area (Å²) in [6.45, 7) is 4.41. The topological polar surface area (TPSA) is 85.0 Å². The molecule has 0 radical (unpaired) electrons. The summed E-state index contributed by atoms with van der Waals surface area (Å²) in [5.41, 5.74) is 3.94. The van der Waals surface area contributed by atoms with Crippen LogP contribution in [0.25, 0.3) is 11.3 Å². The molecule has 152 valence electrons. The second-order valence-electron chi connectivity index (χ2n) is 7.10. The van der Waals surface area contributed by atoms with Gasteiger partial charge in [-0.3, -0.25) is 4.79 Å². The Morgan fingerprint density at radius 2 is 1.77 bits per heavy atom. The van der Waals surface area contributed by atoms with Gasteiger partial charge >= 0.3 is 0 Å². The van der Waals surface area contributed by atoms with Gasteiger partial charge in [-0.1, -0.05) is 29.8 Å². The number of aryl methyl sites for hydroxylation is 1. The van der Waals surface area contributed by atoms with Crippen LogP contribution >= 0.6 is 0 Å². The second-order valence-corrected chi connectivity index (χ2v) is 7.10. The van der Waals surface area contributed by atoms with Crippen molar-refractivity contribution in [3.63, 3.8) is 0 Å². The molecule has 0 saturated heterocycles. The van der Waals surface area contributed by atoms with Gasteiger partial charge in [-0.2, -0.15) is 5.10 Å². The first-order chi connectivity index (χ1) is 14.6. The summed E-state index contributed by atoms with van der Waals surface area (Å²) in [6.07, 6.45) is 2.93. The molecule has 7 heteroatoms. The molecular weight excluding hydrogens is 378 g/mol. The number of hydrogen-bond donors (Lipinski definition) is 2. The molecule has 0 fully saturated rings. The van der Waals surface area contributed by atoms with E-state index < -0.39 is 6.04 Å². The molecule has 0 spiro atoms. The smallest absolute Gasteiger partial charge is 0.249 e. The Bertz CT molecular complexity index is 1100. The van der Waals surface area contributed by atoms with E-state index in [2.05, 4.69) is 51.9 Å². The summed E-state index contributed by atoms with van der Waals surface area (Å²) in [4.78, 5) is 16.2. The predicted molar refractivity (Wildman–Crippen MR) is 116 cm³/mol. The normalized spacial score (nSPS) is 11.8. The third kappa shape index (κ3) is 4.57. The quantitative estimate of drug-likeness (QED) is 0.470. The Labute approximate surface area is 174 Å². The number of aromatic nitrogens is 3. The Morgan fingerprint density at radius 1 is 1.03 bits per heavy atom. The van der Waals surface area contributed by atoms with Crippen LogP contribution in [0.3, 0.4) is 0 Å². The number of amides is 1. The zero-order valence-corrected chi connectivity index (χ0v) is 16.9. The summed E-state index contributed by atoms with van der Waals surface area (Å²) >= 11 is 0. The first-order valence-electron chi connectivity index (χ1n) is 9.73. The van der Waals surface area contributed by atoms with Gasteiger partial charge in [0, 0.05) is 16.9 Å². The number of nitrogens with zero attached hydrogens (tertiary/aromatic N) is 3. The molecule has 0 aliphatic heterocycles. The van der Waals surface area contributed by atoms with Gasteiger partial charge in [0.2, 0.25) is 5.91 Å². The van der Waals surface area contributed by atoms with Crippen molar-refractivity contribution in [3.8, 4) is 11.3 Å². The van der Waals surface area contributed by atoms with Crippen molar-refractivity contribution in [2.75, 3.05) is 10.6 Å². The number of hydrogen-bond acceptors (Lipinski definition) is 5. The van der Waals surface area contributed by atoms with E-state index in [1.807, 2.05) is 36.4 Å². The van der Waals surface area contributed by atoms with E-state index in [0.29, 0.717) is 6.54 Å². The van der Waals surface area contributed by atoms with Crippen LogP contribution in [-0.2, 0) is 11.3 Å². The third-order valence-corrected chi connectivity index (χ3v) is 4.83. The van der Waals surface area contributed by atoms with Crippen molar-refractivity contribution in [1.82, 2.24) is 14.8 Å². The summed E-state index contributed by atoms with van der Waals surface area (Å²) in [6, 6.07) is 19.3. The molecule has 2 heterocycles. The third-order valence-electron chi connectivity index (χ3n) is 4.83. The lowest BCUT2D eigenvalue weighted by Crippen LogP contribution is -2.24. The molecule has 2 N–H and O–H groups in total. The molecule has 4 aromatic rings. The summed E-state index contributed by atoms with van der Waals surface area (Å²) in [7, 11) is 0. The largest absolute Gasteiger partial charge is 0.459 e. The summed E-state index contributed by atoms with van der Waals surface area (Å²) in [5, 5.41) is 10.2. The molecule has 1 unspecified atom stereocenters. The van der Waals surface area contributed by atoms with Gasteiger partial charge in [-0.15, -0.1) is 0 Å². The maximum absolute atomic E-state index is 12.3. The minimum absolute atomic E-state index is 0.152. The highest BCUT2D eigenvalue weighted by atomic mass is 16.3. The highest BCUT2D eigenvalue weighted by molar-refractivity contribution is 5.93. The highest BCUT2D eigenvalue weighted by Gasteiger charge is 2.15. The van der Waals surface area contributed by atoms with Crippen LogP contribution in [0.15, 0.2) is 77.7 Å². The van der Waals surface area contributed by atoms with Crippen LogP contribution in [-0.4, -0.2) is 20.7 Å². The molecular formula is C23H23N5O2. The van der Waals surface area contributed by atoms with E-state index in [1.165, 1.54) is 22.9 Å². The standard InChI is InChI=1S/C23H23N5O2/c1-16-3-5-18(6-4-16)22-12-11-21(30-22)13-25-19-7-9-20(10-8-19)27-23(29)17(2)28-15-24-14-26-28/h3-12,14-15,17,25H,13H2,1-2H3,(H,27,29). The first kappa shape index (κ1) is 19.4. The van der Waals surface area contributed by atoms with Crippen molar-refractivity contribution in [2.24, 2.45) is 0 Å². The van der Waals surface area contributed by atoms with E-state index in [0.717, 1.165) is 28.5 Å². The van der Waals surface area contributed by atoms with Crippen molar-refractivity contribution in [1.29, 1.82) is 0 Å². The number of rotatable bonds is 7. The van der Waals surface area contributed by atoms with Gasteiger partial charge in [-0.05, 0) is 50.2 Å². The van der Waals surface area contributed by atoms with Gasteiger partial charge in [-0.25, -0.2) is 9.67 Å². The lowest BCUT2D eigenvalue weighted by atomic mass is 10.1. The van der Waals surface area contributed by atoms with E-state index in [1.54, 1.807) is 6.92 Å². The average molecular weight is 401 g/mol. The zero-order valence-electron chi connectivity index (χ0n) is 16.9. The minimum Gasteiger partial charge on any atom is -0.459 e. The zero-order chi connectivity index (χ0) is 20.9. The van der Waals surface area contributed by atoms with Gasteiger partial charge in [0.25, 0.3) is 0 Å². The molecule has 0 saturated carbocycles. The fraction of sp³-hybridized carbons (Fsp3) is 0.174. The fourth-order valence-corrected chi connectivity index (χ4v) is 2.99. The number of benzene rings is 2. The lowest BCUT2D eigenvalue weighted by molar-refractivity contribution is -0.119. The number of nitrogens with one attached hydrogen (secondary N) is 2. The molecule has 2 aromatic carbocycles. The molecule has 1 atom stereocenters. The van der Waals surface area contributed by atoms with Crippen LogP contribution < -0.4 is 10.6 Å². The summed E-state index contributed by atoms with van der Waals surface area (Å²) in [5.74, 6) is 1.55. The fourth-order valence-electron chi connectivity index (χ4n) is 2.99. The predicted octanol–water partition coefficient (Wildman–Crippen LogP) is 4.66. The number of carbonyl (C=O) groups excluding carboxylic acids is 1. The first-order valence-corrected chi connectivity index (χ1v) is 9.73. The molecule has 4 rings (SSSR count). The Kier molecular flexibility index (Phi) is 5.61. The highest BCUT2D eigenvalue weighted by Crippen LogP contribution is 2.23. The molecule has 7 nitrogen and oxygen atoms in total. The van der Waals surface area contributed by atoms with E-state index in [9.17, 15) is 4.79 Å². The molecule has 1 amide bonds. The number of furan rings is 1. The van der Waals surface area contributed by atoms with E-state index in [-0.39, 0.29) is 5.91 Å². The Balaban J connectivity index is 1.32. The van der Waals surface area contributed by atoms with Gasteiger partial charge in [0.05, 0.1) is 6.54 Å². The Hall–Kier alpha value is -3.87. The van der Waals surface area contributed by atoms with E-state index >= 15 is 0 Å². The van der Waals surface area contributed by atoms with Gasteiger partial charge in [0.15, 0.2) is 0 Å². The van der Waals surface area contributed by atoms with Crippen molar-refractivity contribution >= 4 is 17.3 Å².